The van der Waals surface area contributed by atoms with E-state index in [1.807, 2.05) is 0 Å². The van der Waals surface area contributed by atoms with Crippen LogP contribution in [0.1, 0.15) is 83.9 Å². The third-order valence-electron chi connectivity index (χ3n) is 4.99. The fraction of sp³-hybridized carbons (Fsp3) is 0.636. The van der Waals surface area contributed by atoms with E-state index in [4.69, 9.17) is 0 Å². The number of hydrogen-bond acceptors (Lipinski definition) is 2. The Morgan fingerprint density at radius 1 is 0.833 bits per heavy atom. The Morgan fingerprint density at radius 3 is 2.08 bits per heavy atom. The van der Waals surface area contributed by atoms with Crippen molar-refractivity contribution in [2.45, 2.75) is 84.3 Å². The van der Waals surface area contributed by atoms with Gasteiger partial charge in [0.1, 0.15) is 6.17 Å². The summed E-state index contributed by atoms with van der Waals surface area (Å²) in [6.07, 6.45) is 16.0. The highest BCUT2D eigenvalue weighted by molar-refractivity contribution is 5.22. The average Bonchev–Trinajstić information content (AvgIpc) is 3.02. The molecule has 1 atom stereocenters. The number of hydrogen-bond donors (Lipinski definition) is 0. The molecule has 0 radical (unpaired) electrons. The summed E-state index contributed by atoms with van der Waals surface area (Å²) >= 11 is 0. The van der Waals surface area contributed by atoms with Crippen LogP contribution in [0.4, 0.5) is 0 Å². The Kier molecular flexibility index (Phi) is 8.21. The van der Waals surface area contributed by atoms with Crippen molar-refractivity contribution < 1.29 is 0 Å². The van der Waals surface area contributed by atoms with E-state index >= 15 is 0 Å². The molecule has 1 aromatic rings. The highest BCUT2D eigenvalue weighted by atomic mass is 15.4. The van der Waals surface area contributed by atoms with Crippen molar-refractivity contribution in [3.63, 3.8) is 0 Å². The van der Waals surface area contributed by atoms with Gasteiger partial charge in [0.2, 0.25) is 0 Å². The molecule has 1 aliphatic rings. The predicted molar refractivity (Wildman–Crippen MR) is 105 cm³/mol. The number of benzene rings is 1. The Labute approximate surface area is 149 Å². The minimum absolute atomic E-state index is 0.371. The average molecular weight is 329 g/mol. The van der Waals surface area contributed by atoms with Crippen LogP contribution in [-0.4, -0.2) is 22.4 Å². The molecule has 0 aromatic heterocycles. The zero-order valence-electron chi connectivity index (χ0n) is 16.0. The summed E-state index contributed by atoms with van der Waals surface area (Å²) in [7, 11) is 0. The molecule has 2 rings (SSSR count). The van der Waals surface area contributed by atoms with Gasteiger partial charge in [0.25, 0.3) is 0 Å². The Hall–Kier alpha value is -1.44. The quantitative estimate of drug-likeness (QED) is 0.438. The molecule has 0 saturated carbocycles. The van der Waals surface area contributed by atoms with Crippen molar-refractivity contribution in [1.82, 2.24) is 9.80 Å². The molecule has 0 amide bonds. The Balaban J connectivity index is 1.78. The lowest BCUT2D eigenvalue weighted by Crippen LogP contribution is -2.35. The molecule has 0 spiro atoms. The SMILES string of the molecule is CCCCCCCCCCN1C=CN(C(C)C)C1c1ccccc1. The predicted octanol–water partition coefficient (Wildman–Crippen LogP) is 6.32. The van der Waals surface area contributed by atoms with Crippen molar-refractivity contribution in [2.24, 2.45) is 0 Å². The van der Waals surface area contributed by atoms with E-state index in [1.54, 1.807) is 0 Å². The Morgan fingerprint density at radius 2 is 1.46 bits per heavy atom. The first-order valence-electron chi connectivity index (χ1n) is 10.0. The van der Waals surface area contributed by atoms with Gasteiger partial charge >= 0.3 is 0 Å². The standard InChI is InChI=1S/C22H36N2/c1-4-5-6-7-8-9-10-14-17-23-18-19-24(20(2)3)22(23)21-15-12-11-13-16-21/h11-13,15-16,18-20,22H,4-10,14,17H2,1-3H3. The molecule has 0 N–H and O–H groups in total. The second-order valence-electron chi connectivity index (χ2n) is 7.34. The normalized spacial score (nSPS) is 17.2. The van der Waals surface area contributed by atoms with Gasteiger partial charge in [-0.3, -0.25) is 0 Å². The van der Waals surface area contributed by atoms with Gasteiger partial charge in [0.05, 0.1) is 0 Å². The Bertz CT molecular complexity index is 466. The molecule has 24 heavy (non-hydrogen) atoms. The van der Waals surface area contributed by atoms with Crippen molar-refractivity contribution in [2.75, 3.05) is 6.54 Å². The van der Waals surface area contributed by atoms with Gasteiger partial charge in [0.15, 0.2) is 0 Å². The zero-order chi connectivity index (χ0) is 17.2. The summed E-state index contributed by atoms with van der Waals surface area (Å²) in [5, 5.41) is 0. The smallest absolute Gasteiger partial charge is 0.127 e. The molecule has 2 heteroatoms. The summed E-state index contributed by atoms with van der Waals surface area (Å²) in [4.78, 5) is 4.99. The van der Waals surface area contributed by atoms with Gasteiger partial charge in [-0.1, -0.05) is 82.2 Å². The first-order chi connectivity index (χ1) is 11.7. The molecule has 1 aliphatic heterocycles. The third-order valence-corrected chi connectivity index (χ3v) is 4.99. The second-order valence-corrected chi connectivity index (χ2v) is 7.34. The lowest BCUT2D eigenvalue weighted by atomic mass is 10.1. The second kappa shape index (κ2) is 10.4. The summed E-state index contributed by atoms with van der Waals surface area (Å²) in [6.45, 7) is 8.00. The van der Waals surface area contributed by atoms with Crippen molar-refractivity contribution >= 4 is 0 Å². The maximum Gasteiger partial charge on any atom is 0.127 e. The molecular formula is C22H36N2. The fourth-order valence-electron chi connectivity index (χ4n) is 3.57. The van der Waals surface area contributed by atoms with Crippen LogP contribution in [0.15, 0.2) is 42.7 Å². The summed E-state index contributed by atoms with van der Waals surface area (Å²) in [6, 6.07) is 11.5. The largest absolute Gasteiger partial charge is 0.352 e. The topological polar surface area (TPSA) is 6.48 Å². The molecule has 0 aliphatic carbocycles. The van der Waals surface area contributed by atoms with Crippen LogP contribution >= 0.6 is 0 Å². The van der Waals surface area contributed by atoms with Gasteiger partial charge in [-0.25, -0.2) is 0 Å². The minimum Gasteiger partial charge on any atom is -0.352 e. The van der Waals surface area contributed by atoms with E-state index in [-0.39, 0.29) is 0 Å². The first kappa shape index (κ1) is 18.9. The van der Waals surface area contributed by atoms with E-state index in [9.17, 15) is 0 Å². The number of nitrogens with zero attached hydrogens (tertiary/aromatic N) is 2. The van der Waals surface area contributed by atoms with Crippen LogP contribution < -0.4 is 0 Å². The van der Waals surface area contributed by atoms with Gasteiger partial charge in [-0.15, -0.1) is 0 Å². The lowest BCUT2D eigenvalue weighted by molar-refractivity contribution is 0.126. The van der Waals surface area contributed by atoms with E-state index in [0.717, 1.165) is 6.54 Å². The van der Waals surface area contributed by atoms with E-state index < -0.39 is 0 Å². The van der Waals surface area contributed by atoms with Crippen LogP contribution in [-0.2, 0) is 0 Å². The van der Waals surface area contributed by atoms with E-state index in [2.05, 4.69) is 73.3 Å². The van der Waals surface area contributed by atoms with Crippen molar-refractivity contribution in [3.8, 4) is 0 Å². The summed E-state index contributed by atoms with van der Waals surface area (Å²) in [5.74, 6) is 0. The molecule has 0 fully saturated rings. The highest BCUT2D eigenvalue weighted by Gasteiger charge is 2.28. The molecule has 1 unspecified atom stereocenters. The molecule has 1 heterocycles. The molecule has 1 aromatic carbocycles. The molecule has 0 saturated heterocycles. The van der Waals surface area contributed by atoms with Crippen molar-refractivity contribution in [1.29, 1.82) is 0 Å². The summed E-state index contributed by atoms with van der Waals surface area (Å²) in [5.41, 5.74) is 1.40. The number of rotatable bonds is 11. The van der Waals surface area contributed by atoms with Crippen molar-refractivity contribution in [3.05, 3.63) is 48.3 Å². The van der Waals surface area contributed by atoms with E-state index in [0.29, 0.717) is 12.2 Å². The van der Waals surface area contributed by atoms with E-state index in [1.165, 1.54) is 56.9 Å². The molecule has 2 nitrogen and oxygen atoms in total. The molecule has 0 bridgehead atoms. The van der Waals surface area contributed by atoms with Gasteiger partial charge in [0, 0.05) is 25.0 Å². The third kappa shape index (κ3) is 5.58. The van der Waals surface area contributed by atoms with Crippen LogP contribution in [0.2, 0.25) is 0 Å². The van der Waals surface area contributed by atoms with Gasteiger partial charge in [-0.05, 0) is 25.8 Å². The first-order valence-corrected chi connectivity index (χ1v) is 10.0. The highest BCUT2D eigenvalue weighted by Crippen LogP contribution is 2.32. The monoisotopic (exact) mass is 328 g/mol. The summed E-state index contributed by atoms with van der Waals surface area (Å²) < 4.78 is 0. The van der Waals surface area contributed by atoms with Crippen LogP contribution in [0.5, 0.6) is 0 Å². The van der Waals surface area contributed by atoms with Gasteiger partial charge in [-0.2, -0.15) is 0 Å². The maximum absolute atomic E-state index is 2.52. The van der Waals surface area contributed by atoms with Crippen LogP contribution in [0.25, 0.3) is 0 Å². The number of unbranched alkanes of at least 4 members (excludes halogenated alkanes) is 7. The minimum atomic E-state index is 0.371. The van der Waals surface area contributed by atoms with Crippen LogP contribution in [0, 0.1) is 0 Å². The molecule has 134 valence electrons. The zero-order valence-corrected chi connectivity index (χ0v) is 16.0. The lowest BCUT2D eigenvalue weighted by Gasteiger charge is -2.35. The van der Waals surface area contributed by atoms with Crippen LogP contribution in [0.3, 0.4) is 0 Å². The maximum atomic E-state index is 2.52. The fourth-order valence-corrected chi connectivity index (χ4v) is 3.57. The molecular weight excluding hydrogens is 292 g/mol. The van der Waals surface area contributed by atoms with Gasteiger partial charge < -0.3 is 9.80 Å².